The third-order valence-corrected chi connectivity index (χ3v) is 4.85. The van der Waals surface area contributed by atoms with Crippen LogP contribution in [0.4, 0.5) is 10.1 Å². The number of sulfonamides is 1. The number of hydrogen-bond acceptors (Lipinski definition) is 3. The Morgan fingerprint density at radius 2 is 1.95 bits per heavy atom. The molecule has 0 bridgehead atoms. The van der Waals surface area contributed by atoms with Gasteiger partial charge in [-0.25, -0.2) is 12.8 Å². The van der Waals surface area contributed by atoms with Gasteiger partial charge < -0.3 is 5.73 Å². The zero-order valence-corrected chi connectivity index (χ0v) is 13.6. The number of anilines is 1. The van der Waals surface area contributed by atoms with E-state index in [-0.39, 0.29) is 21.1 Å². The van der Waals surface area contributed by atoms with E-state index in [2.05, 4.69) is 20.7 Å². The van der Waals surface area contributed by atoms with Gasteiger partial charge in [-0.3, -0.25) is 4.72 Å². The second-order valence-electron chi connectivity index (χ2n) is 4.60. The molecule has 2 rings (SSSR count). The predicted octanol–water partition coefficient (Wildman–Crippen LogP) is 3.41. The smallest absolute Gasteiger partial charge is 0.261 e. The van der Waals surface area contributed by atoms with Crippen molar-refractivity contribution in [1.82, 2.24) is 0 Å². The van der Waals surface area contributed by atoms with E-state index in [0.29, 0.717) is 0 Å². The highest BCUT2D eigenvalue weighted by atomic mass is 79.9. The monoisotopic (exact) mass is 372 g/mol. The Kier molecular flexibility index (Phi) is 4.65. The number of nitrogens with two attached hydrogens (primary N) is 1. The van der Waals surface area contributed by atoms with Gasteiger partial charge in [-0.2, -0.15) is 0 Å². The fourth-order valence-electron chi connectivity index (χ4n) is 1.74. The first-order chi connectivity index (χ1) is 9.79. The molecule has 0 heterocycles. The molecule has 0 aliphatic heterocycles. The Morgan fingerprint density at radius 3 is 2.57 bits per heavy atom. The number of nitrogens with one attached hydrogen (secondary N) is 1. The van der Waals surface area contributed by atoms with Gasteiger partial charge in [0, 0.05) is 6.04 Å². The third-order valence-electron chi connectivity index (χ3n) is 2.87. The van der Waals surface area contributed by atoms with Gasteiger partial charge in [-0.15, -0.1) is 0 Å². The van der Waals surface area contributed by atoms with Crippen LogP contribution in [0, 0.1) is 5.82 Å². The minimum atomic E-state index is -3.75. The van der Waals surface area contributed by atoms with Crippen molar-refractivity contribution in [3.05, 3.63) is 58.3 Å². The normalized spacial score (nSPS) is 13.0. The molecule has 0 saturated heterocycles. The minimum absolute atomic E-state index is 0.109. The lowest BCUT2D eigenvalue weighted by Gasteiger charge is -2.11. The average molecular weight is 373 g/mol. The molecule has 7 heteroatoms. The molecule has 1 atom stereocenters. The van der Waals surface area contributed by atoms with Crippen molar-refractivity contribution in [2.24, 2.45) is 5.73 Å². The van der Waals surface area contributed by atoms with E-state index in [1.165, 1.54) is 30.3 Å². The molecular weight excluding hydrogens is 359 g/mol. The van der Waals surface area contributed by atoms with Crippen LogP contribution in [0.25, 0.3) is 0 Å². The van der Waals surface area contributed by atoms with E-state index >= 15 is 0 Å². The van der Waals surface area contributed by atoms with Crippen LogP contribution in [-0.2, 0) is 10.0 Å². The molecule has 0 spiro atoms. The van der Waals surface area contributed by atoms with E-state index in [1.54, 1.807) is 19.1 Å². The summed E-state index contributed by atoms with van der Waals surface area (Å²) in [4.78, 5) is 0.109. The fourth-order valence-corrected chi connectivity index (χ4v) is 3.22. The van der Waals surface area contributed by atoms with Gasteiger partial charge in [0.2, 0.25) is 0 Å². The van der Waals surface area contributed by atoms with E-state index in [4.69, 9.17) is 5.73 Å². The Morgan fingerprint density at radius 1 is 1.24 bits per heavy atom. The summed E-state index contributed by atoms with van der Waals surface area (Å²) in [6, 6.07) is 10.0. The van der Waals surface area contributed by atoms with Crippen molar-refractivity contribution in [3.63, 3.8) is 0 Å². The molecule has 0 radical (unpaired) electrons. The lowest BCUT2D eigenvalue weighted by atomic mass is 10.1. The van der Waals surface area contributed by atoms with Gasteiger partial charge in [0.15, 0.2) is 0 Å². The van der Waals surface area contributed by atoms with E-state index in [9.17, 15) is 12.8 Å². The highest BCUT2D eigenvalue weighted by Crippen LogP contribution is 2.23. The summed E-state index contributed by atoms with van der Waals surface area (Å²) in [6.45, 7) is 1.77. The van der Waals surface area contributed by atoms with E-state index in [1.807, 2.05) is 0 Å². The van der Waals surface area contributed by atoms with Crippen molar-refractivity contribution >= 4 is 31.6 Å². The molecule has 112 valence electrons. The summed E-state index contributed by atoms with van der Waals surface area (Å²) in [6.07, 6.45) is 0. The lowest BCUT2D eigenvalue weighted by molar-refractivity contribution is 0.600. The van der Waals surface area contributed by atoms with Gasteiger partial charge in [0.05, 0.1) is 15.1 Å². The molecule has 2 aromatic carbocycles. The highest BCUT2D eigenvalue weighted by Gasteiger charge is 2.16. The van der Waals surface area contributed by atoms with Gasteiger partial charge in [0.1, 0.15) is 5.82 Å². The molecule has 1 unspecified atom stereocenters. The van der Waals surface area contributed by atoms with Gasteiger partial charge in [-0.05, 0) is 58.7 Å². The fraction of sp³-hybridized carbons (Fsp3) is 0.143. The summed E-state index contributed by atoms with van der Waals surface area (Å²) >= 11 is 3.01. The van der Waals surface area contributed by atoms with E-state index in [0.717, 1.165) is 5.56 Å². The SMILES string of the molecule is CC(N)c1cccc(S(=O)(=O)Nc2ccc(F)c(Br)c2)c1. The molecule has 0 amide bonds. The topological polar surface area (TPSA) is 72.2 Å². The summed E-state index contributed by atoms with van der Waals surface area (Å²) in [5.74, 6) is -0.461. The van der Waals surface area contributed by atoms with Crippen LogP contribution in [0.3, 0.4) is 0 Å². The molecule has 2 aromatic rings. The number of rotatable bonds is 4. The standard InChI is InChI=1S/C14H14BrFN2O2S/c1-9(17)10-3-2-4-12(7-10)21(19,20)18-11-5-6-14(16)13(15)8-11/h2-9,18H,17H2,1H3. The molecule has 21 heavy (non-hydrogen) atoms. The van der Waals surface area contributed by atoms with Crippen molar-refractivity contribution in [1.29, 1.82) is 0 Å². The Labute approximate surface area is 131 Å². The molecule has 3 N–H and O–H groups in total. The summed E-state index contributed by atoms with van der Waals surface area (Å²) in [5, 5.41) is 0. The zero-order chi connectivity index (χ0) is 15.6. The van der Waals surface area contributed by atoms with Gasteiger partial charge >= 0.3 is 0 Å². The van der Waals surface area contributed by atoms with Crippen molar-refractivity contribution < 1.29 is 12.8 Å². The Bertz CT molecular complexity index is 763. The van der Waals surface area contributed by atoms with Gasteiger partial charge in [0.25, 0.3) is 10.0 Å². The Hall–Kier alpha value is -1.44. The van der Waals surface area contributed by atoms with Crippen LogP contribution >= 0.6 is 15.9 Å². The van der Waals surface area contributed by atoms with Crippen LogP contribution < -0.4 is 10.5 Å². The molecular formula is C14H14BrFN2O2S. The first-order valence-corrected chi connectivity index (χ1v) is 8.40. The third kappa shape index (κ3) is 3.81. The first kappa shape index (κ1) is 15.9. The zero-order valence-electron chi connectivity index (χ0n) is 11.2. The second kappa shape index (κ2) is 6.13. The maximum absolute atomic E-state index is 13.2. The van der Waals surface area contributed by atoms with Crippen LogP contribution in [0.15, 0.2) is 51.8 Å². The quantitative estimate of drug-likeness (QED) is 0.863. The van der Waals surface area contributed by atoms with Crippen LogP contribution in [0.1, 0.15) is 18.5 Å². The molecule has 0 aromatic heterocycles. The van der Waals surface area contributed by atoms with Crippen molar-refractivity contribution in [3.8, 4) is 0 Å². The second-order valence-corrected chi connectivity index (χ2v) is 7.13. The maximum atomic E-state index is 13.2. The summed E-state index contributed by atoms with van der Waals surface area (Å²) < 4.78 is 40.4. The van der Waals surface area contributed by atoms with Gasteiger partial charge in [-0.1, -0.05) is 12.1 Å². The van der Waals surface area contributed by atoms with Crippen LogP contribution in [0.2, 0.25) is 0 Å². The van der Waals surface area contributed by atoms with E-state index < -0.39 is 15.8 Å². The minimum Gasteiger partial charge on any atom is -0.324 e. The number of halogens is 2. The maximum Gasteiger partial charge on any atom is 0.261 e. The van der Waals surface area contributed by atoms with Crippen molar-refractivity contribution in [2.45, 2.75) is 17.9 Å². The lowest BCUT2D eigenvalue weighted by Crippen LogP contribution is -2.14. The number of benzene rings is 2. The van der Waals surface area contributed by atoms with Crippen LogP contribution in [0.5, 0.6) is 0 Å². The molecule has 0 fully saturated rings. The predicted molar refractivity (Wildman–Crippen MR) is 84.0 cm³/mol. The largest absolute Gasteiger partial charge is 0.324 e. The molecule has 4 nitrogen and oxygen atoms in total. The summed E-state index contributed by atoms with van der Waals surface area (Å²) in [5.41, 5.74) is 6.75. The highest BCUT2D eigenvalue weighted by molar-refractivity contribution is 9.10. The molecule has 0 aliphatic carbocycles. The van der Waals surface area contributed by atoms with Crippen LogP contribution in [-0.4, -0.2) is 8.42 Å². The number of hydrogen-bond donors (Lipinski definition) is 2. The average Bonchev–Trinajstić information content (AvgIpc) is 2.43. The molecule has 0 saturated carbocycles. The summed E-state index contributed by atoms with van der Waals surface area (Å²) in [7, 11) is -3.75. The first-order valence-electron chi connectivity index (χ1n) is 6.13. The Balaban J connectivity index is 2.33. The molecule has 0 aliphatic rings. The van der Waals surface area contributed by atoms with Crippen molar-refractivity contribution in [2.75, 3.05) is 4.72 Å².